The van der Waals surface area contributed by atoms with Crippen molar-refractivity contribution in [1.29, 1.82) is 0 Å². The third-order valence-corrected chi connectivity index (χ3v) is 3.87. The van der Waals surface area contributed by atoms with Gasteiger partial charge in [0.15, 0.2) is 0 Å². The first-order valence-electron chi connectivity index (χ1n) is 7.62. The van der Waals surface area contributed by atoms with Gasteiger partial charge in [-0.2, -0.15) is 0 Å². The van der Waals surface area contributed by atoms with Gasteiger partial charge in [-0.25, -0.2) is 4.79 Å². The molecule has 0 unspecified atom stereocenters. The number of piperazine rings is 1. The highest BCUT2D eigenvalue weighted by Gasteiger charge is 2.21. The van der Waals surface area contributed by atoms with Gasteiger partial charge in [0.1, 0.15) is 5.75 Å². The van der Waals surface area contributed by atoms with Crippen LogP contribution in [0.15, 0.2) is 24.3 Å². The van der Waals surface area contributed by atoms with E-state index < -0.39 is 0 Å². The molecule has 1 heterocycles. The second-order valence-electron chi connectivity index (χ2n) is 5.25. The Morgan fingerprint density at radius 3 is 2.48 bits per heavy atom. The van der Waals surface area contributed by atoms with Gasteiger partial charge in [0.25, 0.3) is 5.91 Å². The molecular formula is C16H23N3O4. The molecule has 0 radical (unpaired) electrons. The Balaban J connectivity index is 1.73. The minimum Gasteiger partial charge on any atom is -0.496 e. The maximum absolute atomic E-state index is 12.2. The number of hydrogen-bond acceptors (Lipinski definition) is 5. The first-order chi connectivity index (χ1) is 11.2. The van der Waals surface area contributed by atoms with E-state index in [2.05, 4.69) is 10.2 Å². The second kappa shape index (κ2) is 8.38. The van der Waals surface area contributed by atoms with Crippen molar-refractivity contribution in [2.75, 3.05) is 53.5 Å². The van der Waals surface area contributed by atoms with Crippen LogP contribution in [0.5, 0.6) is 5.75 Å². The van der Waals surface area contributed by atoms with Gasteiger partial charge >= 0.3 is 6.09 Å². The number of carbonyl (C=O) groups is 2. The lowest BCUT2D eigenvalue weighted by Gasteiger charge is -2.33. The number of nitrogens with one attached hydrogen (secondary N) is 1. The molecule has 1 N–H and O–H groups in total. The topological polar surface area (TPSA) is 71.1 Å². The third-order valence-electron chi connectivity index (χ3n) is 3.87. The molecule has 0 spiro atoms. The molecule has 0 atom stereocenters. The second-order valence-corrected chi connectivity index (χ2v) is 5.25. The fraction of sp³-hybridized carbons (Fsp3) is 0.500. The van der Waals surface area contributed by atoms with Gasteiger partial charge < -0.3 is 19.7 Å². The average molecular weight is 321 g/mol. The summed E-state index contributed by atoms with van der Waals surface area (Å²) in [6, 6.07) is 7.14. The lowest BCUT2D eigenvalue weighted by atomic mass is 10.2. The molecule has 1 aromatic rings. The summed E-state index contributed by atoms with van der Waals surface area (Å²) in [5.41, 5.74) is 0.533. The number of benzene rings is 1. The van der Waals surface area contributed by atoms with E-state index in [1.54, 1.807) is 24.1 Å². The van der Waals surface area contributed by atoms with E-state index in [4.69, 9.17) is 9.47 Å². The van der Waals surface area contributed by atoms with Crippen LogP contribution in [0.2, 0.25) is 0 Å². The van der Waals surface area contributed by atoms with E-state index in [0.29, 0.717) is 30.9 Å². The highest BCUT2D eigenvalue weighted by molar-refractivity contribution is 5.96. The fourth-order valence-electron chi connectivity index (χ4n) is 2.54. The predicted octanol–water partition coefficient (Wildman–Crippen LogP) is 0.809. The number of methoxy groups -OCH3 is 2. The number of rotatable bonds is 5. The van der Waals surface area contributed by atoms with Crippen molar-refractivity contribution >= 4 is 12.0 Å². The fourth-order valence-corrected chi connectivity index (χ4v) is 2.54. The molecule has 0 aromatic heterocycles. The lowest BCUT2D eigenvalue weighted by Crippen LogP contribution is -2.50. The molecule has 1 fully saturated rings. The third kappa shape index (κ3) is 4.59. The number of hydrogen-bond donors (Lipinski definition) is 1. The van der Waals surface area contributed by atoms with Crippen LogP contribution in [-0.2, 0) is 4.74 Å². The van der Waals surface area contributed by atoms with Crippen molar-refractivity contribution in [3.05, 3.63) is 29.8 Å². The molecule has 0 aliphatic carbocycles. The molecule has 7 nitrogen and oxygen atoms in total. The van der Waals surface area contributed by atoms with Gasteiger partial charge in [-0.15, -0.1) is 0 Å². The van der Waals surface area contributed by atoms with Gasteiger partial charge in [-0.3, -0.25) is 9.69 Å². The first-order valence-corrected chi connectivity index (χ1v) is 7.62. The zero-order chi connectivity index (χ0) is 16.7. The number of carbonyl (C=O) groups excluding carboxylic acids is 2. The van der Waals surface area contributed by atoms with Crippen LogP contribution in [-0.4, -0.2) is 75.3 Å². The highest BCUT2D eigenvalue weighted by Crippen LogP contribution is 2.16. The SMILES string of the molecule is COC(=O)N1CCN(CCNC(=O)c2ccccc2OC)CC1. The van der Waals surface area contributed by atoms with Gasteiger partial charge in [0, 0.05) is 39.3 Å². The van der Waals surface area contributed by atoms with Crippen molar-refractivity contribution in [3.63, 3.8) is 0 Å². The maximum Gasteiger partial charge on any atom is 0.409 e. The van der Waals surface area contributed by atoms with E-state index in [1.807, 2.05) is 12.1 Å². The Hall–Kier alpha value is -2.28. The molecular weight excluding hydrogens is 298 g/mol. The number of para-hydroxylation sites is 1. The average Bonchev–Trinajstić information content (AvgIpc) is 2.61. The zero-order valence-corrected chi connectivity index (χ0v) is 13.6. The van der Waals surface area contributed by atoms with E-state index in [-0.39, 0.29) is 12.0 Å². The molecule has 7 heteroatoms. The van der Waals surface area contributed by atoms with E-state index in [9.17, 15) is 9.59 Å². The van der Waals surface area contributed by atoms with Crippen LogP contribution < -0.4 is 10.1 Å². The molecule has 23 heavy (non-hydrogen) atoms. The Kier molecular flexibility index (Phi) is 6.22. The van der Waals surface area contributed by atoms with Crippen LogP contribution in [0, 0.1) is 0 Å². The largest absolute Gasteiger partial charge is 0.496 e. The molecule has 1 aliphatic heterocycles. The van der Waals surface area contributed by atoms with Gasteiger partial charge in [0.2, 0.25) is 0 Å². The summed E-state index contributed by atoms with van der Waals surface area (Å²) in [5.74, 6) is 0.423. The van der Waals surface area contributed by atoms with Gasteiger partial charge in [0.05, 0.1) is 19.8 Å². The summed E-state index contributed by atoms with van der Waals surface area (Å²) in [6.45, 7) is 4.14. The van der Waals surface area contributed by atoms with Gasteiger partial charge in [-0.05, 0) is 12.1 Å². The van der Waals surface area contributed by atoms with E-state index in [0.717, 1.165) is 19.6 Å². The van der Waals surface area contributed by atoms with Crippen molar-refractivity contribution < 1.29 is 19.1 Å². The van der Waals surface area contributed by atoms with Crippen molar-refractivity contribution in [2.45, 2.75) is 0 Å². The summed E-state index contributed by atoms with van der Waals surface area (Å²) in [4.78, 5) is 27.5. The van der Waals surface area contributed by atoms with Gasteiger partial charge in [-0.1, -0.05) is 12.1 Å². The van der Waals surface area contributed by atoms with E-state index >= 15 is 0 Å². The molecule has 2 amide bonds. The molecule has 1 aromatic carbocycles. The minimum atomic E-state index is -0.283. The monoisotopic (exact) mass is 321 g/mol. The lowest BCUT2D eigenvalue weighted by molar-refractivity contribution is 0.0884. The standard InChI is InChI=1S/C16H23N3O4/c1-22-14-6-4-3-5-13(14)15(20)17-7-8-18-9-11-19(12-10-18)16(21)23-2/h3-6H,7-12H2,1-2H3,(H,17,20). The zero-order valence-electron chi connectivity index (χ0n) is 13.6. The highest BCUT2D eigenvalue weighted by atomic mass is 16.5. The molecule has 2 rings (SSSR count). The summed E-state index contributed by atoms with van der Waals surface area (Å²) in [6.07, 6.45) is -0.283. The molecule has 0 bridgehead atoms. The van der Waals surface area contributed by atoms with Crippen LogP contribution >= 0.6 is 0 Å². The van der Waals surface area contributed by atoms with Crippen molar-refractivity contribution in [2.24, 2.45) is 0 Å². The number of ether oxygens (including phenoxy) is 2. The minimum absolute atomic E-state index is 0.143. The summed E-state index contributed by atoms with van der Waals surface area (Å²) < 4.78 is 9.90. The molecule has 126 valence electrons. The Morgan fingerprint density at radius 2 is 1.83 bits per heavy atom. The molecule has 1 saturated heterocycles. The number of nitrogens with zero attached hydrogens (tertiary/aromatic N) is 2. The summed E-state index contributed by atoms with van der Waals surface area (Å²) in [5, 5.41) is 2.90. The molecule has 1 aliphatic rings. The van der Waals surface area contributed by atoms with Crippen LogP contribution in [0.25, 0.3) is 0 Å². The Bertz CT molecular complexity index is 542. The Labute approximate surface area is 136 Å². The normalized spacial score (nSPS) is 15.1. The summed E-state index contributed by atoms with van der Waals surface area (Å²) in [7, 11) is 2.94. The maximum atomic E-state index is 12.2. The van der Waals surface area contributed by atoms with Crippen LogP contribution in [0.3, 0.4) is 0 Å². The predicted molar refractivity (Wildman–Crippen MR) is 85.7 cm³/mol. The van der Waals surface area contributed by atoms with Crippen molar-refractivity contribution in [3.8, 4) is 5.75 Å². The van der Waals surface area contributed by atoms with Crippen LogP contribution in [0.4, 0.5) is 4.79 Å². The van der Waals surface area contributed by atoms with E-state index in [1.165, 1.54) is 7.11 Å². The first kappa shape index (κ1) is 17.1. The quantitative estimate of drug-likeness (QED) is 0.869. The van der Waals surface area contributed by atoms with Crippen molar-refractivity contribution in [1.82, 2.24) is 15.1 Å². The Morgan fingerprint density at radius 1 is 1.13 bits per heavy atom. The summed E-state index contributed by atoms with van der Waals surface area (Å²) >= 11 is 0. The van der Waals surface area contributed by atoms with Crippen LogP contribution in [0.1, 0.15) is 10.4 Å². The number of amides is 2. The molecule has 0 saturated carbocycles. The smallest absolute Gasteiger partial charge is 0.409 e.